The summed E-state index contributed by atoms with van der Waals surface area (Å²) in [5.41, 5.74) is 1.58. The number of carbonyl (C=O) groups excluding carboxylic acids is 1. The molecule has 0 bridgehead atoms. The molecule has 0 spiro atoms. The molecule has 4 nitrogen and oxygen atoms in total. The monoisotopic (exact) mass is 376 g/mol. The summed E-state index contributed by atoms with van der Waals surface area (Å²) in [5, 5.41) is 0.341. The summed E-state index contributed by atoms with van der Waals surface area (Å²) in [4.78, 5) is 11.0. The van der Waals surface area contributed by atoms with Crippen LogP contribution in [-0.2, 0) is 5.41 Å². The van der Waals surface area contributed by atoms with Gasteiger partial charge in [0.2, 0.25) is 0 Å². The largest absolute Gasteiger partial charge is 0.490 e. The molecule has 0 heterocycles. The van der Waals surface area contributed by atoms with Crippen molar-refractivity contribution in [1.29, 1.82) is 0 Å². The second-order valence-corrected chi connectivity index (χ2v) is 7.23. The minimum atomic E-state index is -0.00639. The van der Waals surface area contributed by atoms with Crippen molar-refractivity contribution < 1.29 is 19.0 Å². The van der Waals surface area contributed by atoms with Crippen LogP contribution in [0.1, 0.15) is 43.6 Å². The molecule has 2 aromatic carbocycles. The number of para-hydroxylation sites is 1. The zero-order valence-corrected chi connectivity index (χ0v) is 16.4. The number of benzene rings is 2. The molecule has 0 fully saturated rings. The first kappa shape index (κ1) is 20.1. The molecule has 0 atom stereocenters. The number of ether oxygens (including phenoxy) is 3. The van der Waals surface area contributed by atoms with E-state index in [2.05, 4.69) is 26.8 Å². The van der Waals surface area contributed by atoms with E-state index in [1.165, 1.54) is 0 Å². The number of hydrogen-bond donors (Lipinski definition) is 0. The molecule has 2 rings (SSSR count). The van der Waals surface area contributed by atoms with Crippen LogP contribution in [0.5, 0.6) is 17.2 Å². The van der Waals surface area contributed by atoms with Gasteiger partial charge in [-0.15, -0.1) is 0 Å². The van der Waals surface area contributed by atoms with E-state index in [9.17, 15) is 4.79 Å². The van der Waals surface area contributed by atoms with Crippen LogP contribution in [0.2, 0.25) is 5.02 Å². The first-order chi connectivity index (χ1) is 12.4. The highest BCUT2D eigenvalue weighted by Gasteiger charge is 2.18. The zero-order valence-electron chi connectivity index (χ0n) is 15.7. The van der Waals surface area contributed by atoms with Crippen molar-refractivity contribution in [2.45, 2.75) is 33.1 Å². The van der Waals surface area contributed by atoms with E-state index in [-0.39, 0.29) is 5.41 Å². The quantitative estimate of drug-likeness (QED) is 0.462. The van der Waals surface area contributed by atoms with Gasteiger partial charge >= 0.3 is 0 Å². The predicted octanol–water partition coefficient (Wildman–Crippen LogP) is 5.31. The number of rotatable bonds is 8. The molecule has 5 heteroatoms. The first-order valence-corrected chi connectivity index (χ1v) is 9.01. The maximum absolute atomic E-state index is 11.0. The highest BCUT2D eigenvalue weighted by atomic mass is 35.5. The van der Waals surface area contributed by atoms with Gasteiger partial charge in [-0.1, -0.05) is 50.6 Å². The average Bonchev–Trinajstić information content (AvgIpc) is 2.59. The topological polar surface area (TPSA) is 44.8 Å². The van der Waals surface area contributed by atoms with Gasteiger partial charge in [-0.3, -0.25) is 4.79 Å². The molecule has 0 aromatic heterocycles. The van der Waals surface area contributed by atoms with Crippen LogP contribution in [0, 0.1) is 0 Å². The number of hydrogen-bond acceptors (Lipinski definition) is 4. The molecule has 0 amide bonds. The molecular weight excluding hydrogens is 352 g/mol. The minimum absolute atomic E-state index is 0.00639. The van der Waals surface area contributed by atoms with Crippen molar-refractivity contribution in [2.75, 3.05) is 19.8 Å². The summed E-state index contributed by atoms with van der Waals surface area (Å²) in [5.74, 6) is 1.72. The van der Waals surface area contributed by atoms with E-state index in [1.807, 2.05) is 25.1 Å². The molecule has 0 saturated heterocycles. The fraction of sp³-hybridized carbons (Fsp3) is 0.381. The second kappa shape index (κ2) is 8.95. The third kappa shape index (κ3) is 5.15. The maximum Gasteiger partial charge on any atom is 0.179 e. The van der Waals surface area contributed by atoms with Gasteiger partial charge in [0.05, 0.1) is 11.6 Å². The SMILES string of the molecule is CCOc1cc(C=O)cc(Cl)c1OCCOc1ccccc1C(C)(C)C. The Labute approximate surface area is 160 Å². The van der Waals surface area contributed by atoms with Crippen molar-refractivity contribution in [3.05, 3.63) is 52.5 Å². The van der Waals surface area contributed by atoms with Crippen LogP contribution >= 0.6 is 11.6 Å². The normalized spacial score (nSPS) is 11.1. The molecule has 2 aromatic rings. The van der Waals surface area contributed by atoms with Crippen molar-refractivity contribution in [3.63, 3.8) is 0 Å². The number of carbonyl (C=O) groups is 1. The van der Waals surface area contributed by atoms with Crippen molar-refractivity contribution in [2.24, 2.45) is 0 Å². The van der Waals surface area contributed by atoms with E-state index in [0.29, 0.717) is 41.9 Å². The second-order valence-electron chi connectivity index (χ2n) is 6.82. The number of aldehydes is 1. The fourth-order valence-electron chi connectivity index (χ4n) is 2.57. The summed E-state index contributed by atoms with van der Waals surface area (Å²) >= 11 is 6.23. The van der Waals surface area contributed by atoms with Crippen LogP contribution in [0.25, 0.3) is 0 Å². The summed E-state index contributed by atoms with van der Waals surface area (Å²) in [7, 11) is 0. The van der Waals surface area contributed by atoms with Gasteiger partial charge in [0, 0.05) is 5.56 Å². The lowest BCUT2D eigenvalue weighted by Crippen LogP contribution is -2.16. The Morgan fingerprint density at radius 1 is 1.00 bits per heavy atom. The molecule has 140 valence electrons. The Morgan fingerprint density at radius 3 is 2.35 bits per heavy atom. The first-order valence-electron chi connectivity index (χ1n) is 8.63. The van der Waals surface area contributed by atoms with Crippen LogP contribution in [-0.4, -0.2) is 26.1 Å². The van der Waals surface area contributed by atoms with Gasteiger partial charge < -0.3 is 14.2 Å². The standard InChI is InChI=1S/C21H25ClO4/c1-5-24-19-13-15(14-23)12-17(22)20(19)26-11-10-25-18-9-7-6-8-16(18)21(2,3)4/h6-9,12-14H,5,10-11H2,1-4H3. The van der Waals surface area contributed by atoms with Crippen molar-refractivity contribution >= 4 is 17.9 Å². The fourth-order valence-corrected chi connectivity index (χ4v) is 2.84. The Balaban J connectivity index is 2.04. The van der Waals surface area contributed by atoms with E-state index in [4.69, 9.17) is 25.8 Å². The van der Waals surface area contributed by atoms with E-state index in [1.54, 1.807) is 12.1 Å². The maximum atomic E-state index is 11.0. The lowest BCUT2D eigenvalue weighted by Gasteiger charge is -2.22. The van der Waals surface area contributed by atoms with Gasteiger partial charge in [-0.25, -0.2) is 0 Å². The van der Waals surface area contributed by atoms with Crippen molar-refractivity contribution in [1.82, 2.24) is 0 Å². The minimum Gasteiger partial charge on any atom is -0.490 e. The van der Waals surface area contributed by atoms with Crippen LogP contribution in [0.3, 0.4) is 0 Å². The highest BCUT2D eigenvalue weighted by molar-refractivity contribution is 6.32. The molecule has 0 unspecified atom stereocenters. The van der Waals surface area contributed by atoms with E-state index < -0.39 is 0 Å². The Bertz CT molecular complexity index is 750. The van der Waals surface area contributed by atoms with Gasteiger partial charge in [0.1, 0.15) is 25.2 Å². The molecule has 26 heavy (non-hydrogen) atoms. The van der Waals surface area contributed by atoms with Gasteiger partial charge in [-0.2, -0.15) is 0 Å². The van der Waals surface area contributed by atoms with Crippen LogP contribution < -0.4 is 14.2 Å². The van der Waals surface area contributed by atoms with E-state index >= 15 is 0 Å². The van der Waals surface area contributed by atoms with Crippen LogP contribution in [0.15, 0.2) is 36.4 Å². The van der Waals surface area contributed by atoms with Gasteiger partial charge in [0.25, 0.3) is 0 Å². The smallest absolute Gasteiger partial charge is 0.179 e. The summed E-state index contributed by atoms with van der Waals surface area (Å²) < 4.78 is 17.2. The zero-order chi connectivity index (χ0) is 19.2. The highest BCUT2D eigenvalue weighted by Crippen LogP contribution is 2.36. The average molecular weight is 377 g/mol. The predicted molar refractivity (Wildman–Crippen MR) is 104 cm³/mol. The Kier molecular flexibility index (Phi) is 6.92. The molecular formula is C21H25ClO4. The molecule has 0 radical (unpaired) electrons. The van der Waals surface area contributed by atoms with E-state index in [0.717, 1.165) is 17.6 Å². The Morgan fingerprint density at radius 2 is 1.69 bits per heavy atom. The summed E-state index contributed by atoms with van der Waals surface area (Å²) in [6.07, 6.45) is 0.727. The third-order valence-electron chi connectivity index (χ3n) is 3.75. The molecule has 0 aliphatic rings. The van der Waals surface area contributed by atoms with Crippen molar-refractivity contribution in [3.8, 4) is 17.2 Å². The third-order valence-corrected chi connectivity index (χ3v) is 4.03. The molecule has 0 N–H and O–H groups in total. The van der Waals surface area contributed by atoms with Gasteiger partial charge in [-0.05, 0) is 36.1 Å². The number of halogens is 1. The summed E-state index contributed by atoms with van der Waals surface area (Å²) in [6, 6.07) is 11.2. The van der Waals surface area contributed by atoms with Crippen LogP contribution in [0.4, 0.5) is 0 Å². The lowest BCUT2D eigenvalue weighted by atomic mass is 9.86. The lowest BCUT2D eigenvalue weighted by molar-refractivity contribution is 0.112. The Hall–Kier alpha value is -2.20. The molecule has 0 aliphatic carbocycles. The molecule has 0 aliphatic heterocycles. The van der Waals surface area contributed by atoms with Gasteiger partial charge in [0.15, 0.2) is 11.5 Å². The molecule has 0 saturated carbocycles. The summed E-state index contributed by atoms with van der Waals surface area (Å²) in [6.45, 7) is 9.42.